The third kappa shape index (κ3) is 4.40. The van der Waals surface area contributed by atoms with Gasteiger partial charge in [-0.05, 0) is 44.3 Å². The molecule has 0 bridgehead atoms. The normalized spacial score (nSPS) is 14.2. The maximum atomic E-state index is 11.4. The van der Waals surface area contributed by atoms with E-state index in [1.54, 1.807) is 24.3 Å². The van der Waals surface area contributed by atoms with Gasteiger partial charge in [0.25, 0.3) is 0 Å². The van der Waals surface area contributed by atoms with Gasteiger partial charge < -0.3 is 9.84 Å². The van der Waals surface area contributed by atoms with Gasteiger partial charge in [-0.25, -0.2) is 4.79 Å². The van der Waals surface area contributed by atoms with Gasteiger partial charge in [-0.3, -0.25) is 4.90 Å². The van der Waals surface area contributed by atoms with E-state index >= 15 is 0 Å². The molecule has 2 unspecified atom stereocenters. The Morgan fingerprint density at radius 2 is 1.84 bits per heavy atom. The summed E-state index contributed by atoms with van der Waals surface area (Å²) in [5.41, 5.74) is 0. The SMILES string of the molecule is CCN(CC)C(C)C(Oc1ccc(Cl)cc1)C(=O)O. The zero-order valence-electron chi connectivity index (χ0n) is 11.5. The molecule has 4 nitrogen and oxygen atoms in total. The van der Waals surface area contributed by atoms with E-state index in [0.29, 0.717) is 10.8 Å². The molecular formula is C14H20ClNO3. The Hall–Kier alpha value is -1.26. The Kier molecular flexibility index (Phi) is 6.12. The fourth-order valence-electron chi connectivity index (χ4n) is 2.01. The van der Waals surface area contributed by atoms with Crippen LogP contribution < -0.4 is 4.74 Å². The zero-order valence-corrected chi connectivity index (χ0v) is 12.2. The summed E-state index contributed by atoms with van der Waals surface area (Å²) >= 11 is 5.79. The minimum absolute atomic E-state index is 0.205. The Morgan fingerprint density at radius 1 is 1.32 bits per heavy atom. The van der Waals surface area contributed by atoms with Crippen molar-refractivity contribution in [1.82, 2.24) is 4.90 Å². The van der Waals surface area contributed by atoms with Crippen molar-refractivity contribution in [2.24, 2.45) is 0 Å². The van der Waals surface area contributed by atoms with Gasteiger partial charge in [0, 0.05) is 5.02 Å². The number of likely N-dealkylation sites (N-methyl/N-ethyl adjacent to an activating group) is 1. The van der Waals surface area contributed by atoms with E-state index in [9.17, 15) is 9.90 Å². The largest absolute Gasteiger partial charge is 0.478 e. The molecule has 0 heterocycles. The molecule has 0 aromatic heterocycles. The number of nitrogens with zero attached hydrogens (tertiary/aromatic N) is 1. The average Bonchev–Trinajstić information content (AvgIpc) is 2.38. The maximum absolute atomic E-state index is 11.4. The first-order chi connectivity index (χ1) is 8.99. The minimum Gasteiger partial charge on any atom is -0.478 e. The first-order valence-electron chi connectivity index (χ1n) is 6.38. The molecule has 19 heavy (non-hydrogen) atoms. The Morgan fingerprint density at radius 3 is 2.26 bits per heavy atom. The zero-order chi connectivity index (χ0) is 14.4. The van der Waals surface area contributed by atoms with Gasteiger partial charge in [0.05, 0.1) is 6.04 Å². The van der Waals surface area contributed by atoms with Gasteiger partial charge in [-0.15, -0.1) is 0 Å². The summed E-state index contributed by atoms with van der Waals surface area (Å²) in [4.78, 5) is 13.4. The van der Waals surface area contributed by atoms with Gasteiger partial charge in [0.2, 0.25) is 6.10 Å². The van der Waals surface area contributed by atoms with Gasteiger partial charge in [0.15, 0.2) is 0 Å². The third-order valence-electron chi connectivity index (χ3n) is 3.15. The van der Waals surface area contributed by atoms with Crippen molar-refractivity contribution >= 4 is 17.6 Å². The van der Waals surface area contributed by atoms with Crippen LogP contribution in [0.3, 0.4) is 0 Å². The summed E-state index contributed by atoms with van der Waals surface area (Å²) in [5, 5.41) is 9.92. The van der Waals surface area contributed by atoms with Crippen molar-refractivity contribution in [1.29, 1.82) is 0 Å². The van der Waals surface area contributed by atoms with E-state index < -0.39 is 12.1 Å². The average molecular weight is 286 g/mol. The van der Waals surface area contributed by atoms with Gasteiger partial charge >= 0.3 is 5.97 Å². The number of benzene rings is 1. The molecule has 106 valence electrons. The lowest BCUT2D eigenvalue weighted by Crippen LogP contribution is -2.48. The van der Waals surface area contributed by atoms with Crippen LogP contribution in [-0.4, -0.2) is 41.2 Å². The van der Waals surface area contributed by atoms with Gasteiger partial charge in [0.1, 0.15) is 5.75 Å². The molecule has 0 aliphatic heterocycles. The van der Waals surface area contributed by atoms with Crippen LogP contribution in [0.5, 0.6) is 5.75 Å². The van der Waals surface area contributed by atoms with E-state index in [4.69, 9.17) is 16.3 Å². The van der Waals surface area contributed by atoms with E-state index in [1.807, 2.05) is 20.8 Å². The van der Waals surface area contributed by atoms with Crippen LogP contribution >= 0.6 is 11.6 Å². The van der Waals surface area contributed by atoms with E-state index in [-0.39, 0.29) is 6.04 Å². The number of carbonyl (C=O) groups is 1. The van der Waals surface area contributed by atoms with Crippen molar-refractivity contribution < 1.29 is 14.6 Å². The highest BCUT2D eigenvalue weighted by Crippen LogP contribution is 2.19. The van der Waals surface area contributed by atoms with Crippen LogP contribution in [-0.2, 0) is 4.79 Å². The molecular weight excluding hydrogens is 266 g/mol. The molecule has 0 aliphatic rings. The summed E-state index contributed by atoms with van der Waals surface area (Å²) in [7, 11) is 0. The number of hydrogen-bond donors (Lipinski definition) is 1. The second-order valence-corrected chi connectivity index (χ2v) is 4.73. The van der Waals surface area contributed by atoms with Crippen molar-refractivity contribution in [3.8, 4) is 5.75 Å². The summed E-state index contributed by atoms with van der Waals surface area (Å²) in [6, 6.07) is 6.50. The number of ether oxygens (including phenoxy) is 1. The number of hydrogen-bond acceptors (Lipinski definition) is 3. The van der Waals surface area contributed by atoms with Crippen LogP contribution in [0.2, 0.25) is 5.02 Å². The number of rotatable bonds is 7. The predicted molar refractivity (Wildman–Crippen MR) is 75.9 cm³/mol. The molecule has 0 aliphatic carbocycles. The molecule has 1 aromatic rings. The lowest BCUT2D eigenvalue weighted by atomic mass is 10.1. The first-order valence-corrected chi connectivity index (χ1v) is 6.76. The third-order valence-corrected chi connectivity index (χ3v) is 3.40. The highest BCUT2D eigenvalue weighted by atomic mass is 35.5. The van der Waals surface area contributed by atoms with Crippen molar-refractivity contribution in [3.05, 3.63) is 29.3 Å². The van der Waals surface area contributed by atoms with Crippen LogP contribution in [0.1, 0.15) is 20.8 Å². The Labute approximate surface area is 118 Å². The lowest BCUT2D eigenvalue weighted by Gasteiger charge is -2.31. The molecule has 1 aromatic carbocycles. The molecule has 0 radical (unpaired) electrons. The summed E-state index contributed by atoms with van der Waals surface area (Å²) < 4.78 is 5.58. The molecule has 0 spiro atoms. The predicted octanol–water partition coefficient (Wildman–Crippen LogP) is 2.90. The molecule has 0 fully saturated rings. The number of halogens is 1. The molecule has 0 saturated carbocycles. The Bertz CT molecular complexity index is 404. The smallest absolute Gasteiger partial charge is 0.346 e. The van der Waals surface area contributed by atoms with Crippen molar-refractivity contribution in [3.63, 3.8) is 0 Å². The van der Waals surface area contributed by atoms with Crippen LogP contribution in [0, 0.1) is 0 Å². The van der Waals surface area contributed by atoms with E-state index in [1.165, 1.54) is 0 Å². The second kappa shape index (κ2) is 7.36. The lowest BCUT2D eigenvalue weighted by molar-refractivity contribution is -0.148. The molecule has 0 amide bonds. The van der Waals surface area contributed by atoms with Gasteiger partial charge in [-0.2, -0.15) is 0 Å². The molecule has 0 saturated heterocycles. The molecule has 1 rings (SSSR count). The topological polar surface area (TPSA) is 49.8 Å². The standard InChI is InChI=1S/C14H20ClNO3/c1-4-16(5-2)10(3)13(14(17)18)19-12-8-6-11(15)7-9-12/h6-10,13H,4-5H2,1-3H3,(H,17,18). The second-order valence-electron chi connectivity index (χ2n) is 4.29. The molecule has 5 heteroatoms. The molecule has 1 N–H and O–H groups in total. The fourth-order valence-corrected chi connectivity index (χ4v) is 2.13. The quantitative estimate of drug-likeness (QED) is 0.837. The van der Waals surface area contributed by atoms with Crippen LogP contribution in [0.4, 0.5) is 0 Å². The fraction of sp³-hybridized carbons (Fsp3) is 0.500. The summed E-state index contributed by atoms with van der Waals surface area (Å²) in [6.45, 7) is 7.43. The maximum Gasteiger partial charge on any atom is 0.346 e. The minimum atomic E-state index is -0.964. The van der Waals surface area contributed by atoms with Gasteiger partial charge in [-0.1, -0.05) is 25.4 Å². The van der Waals surface area contributed by atoms with Crippen LogP contribution in [0.15, 0.2) is 24.3 Å². The monoisotopic (exact) mass is 285 g/mol. The molecule has 2 atom stereocenters. The summed E-state index contributed by atoms with van der Waals surface area (Å²) in [6.07, 6.45) is -0.902. The number of carboxylic acid groups (broad SMARTS) is 1. The van der Waals surface area contributed by atoms with Crippen LogP contribution in [0.25, 0.3) is 0 Å². The number of aliphatic carboxylic acids is 1. The number of carboxylic acids is 1. The van der Waals surface area contributed by atoms with E-state index in [0.717, 1.165) is 13.1 Å². The van der Waals surface area contributed by atoms with Crippen molar-refractivity contribution in [2.45, 2.75) is 32.9 Å². The summed E-state index contributed by atoms with van der Waals surface area (Å²) in [5.74, 6) is -0.454. The van der Waals surface area contributed by atoms with Crippen molar-refractivity contribution in [2.75, 3.05) is 13.1 Å². The highest BCUT2D eigenvalue weighted by Gasteiger charge is 2.30. The van der Waals surface area contributed by atoms with E-state index in [2.05, 4.69) is 4.90 Å². The Balaban J connectivity index is 2.83. The first kappa shape index (κ1) is 15.8. The highest BCUT2D eigenvalue weighted by molar-refractivity contribution is 6.30.